The molecule has 1 saturated heterocycles. The molecule has 2 aromatic carbocycles. The SMILES string of the molecule is CN(Cc1ccc(N2CCCCC2)cc1)C(=O)Cc1csc(COc2ccc(Cl)cc2)n1. The molecule has 5 nitrogen and oxygen atoms in total. The Bertz CT molecular complexity index is 1010. The summed E-state index contributed by atoms with van der Waals surface area (Å²) in [5.41, 5.74) is 3.19. The summed E-state index contributed by atoms with van der Waals surface area (Å²) in [4.78, 5) is 21.4. The van der Waals surface area contributed by atoms with Crippen molar-refractivity contribution in [2.24, 2.45) is 0 Å². The lowest BCUT2D eigenvalue weighted by Crippen LogP contribution is -2.29. The van der Waals surface area contributed by atoms with Crippen molar-refractivity contribution in [3.05, 3.63) is 75.2 Å². The van der Waals surface area contributed by atoms with E-state index in [9.17, 15) is 4.79 Å². The van der Waals surface area contributed by atoms with Crippen LogP contribution in [0.2, 0.25) is 5.02 Å². The molecular weight excluding hydrogens is 442 g/mol. The lowest BCUT2D eigenvalue weighted by molar-refractivity contribution is -0.129. The number of halogens is 1. The highest BCUT2D eigenvalue weighted by atomic mass is 35.5. The van der Waals surface area contributed by atoms with Crippen LogP contribution in [0, 0.1) is 0 Å². The van der Waals surface area contributed by atoms with Gasteiger partial charge in [0.2, 0.25) is 5.91 Å². The molecule has 7 heteroatoms. The number of benzene rings is 2. The highest BCUT2D eigenvalue weighted by Crippen LogP contribution is 2.21. The second-order valence-corrected chi connectivity index (χ2v) is 9.49. The van der Waals surface area contributed by atoms with Gasteiger partial charge in [-0.2, -0.15) is 0 Å². The van der Waals surface area contributed by atoms with Gasteiger partial charge < -0.3 is 14.5 Å². The molecular formula is C25H28ClN3O2S. The fourth-order valence-corrected chi connectivity index (χ4v) is 4.62. The predicted molar refractivity (Wildman–Crippen MR) is 131 cm³/mol. The third kappa shape index (κ3) is 6.24. The third-order valence-corrected chi connectivity index (χ3v) is 6.73. The second kappa shape index (κ2) is 10.8. The van der Waals surface area contributed by atoms with Crippen LogP contribution < -0.4 is 9.64 Å². The number of carbonyl (C=O) groups excluding carboxylic acids is 1. The fourth-order valence-electron chi connectivity index (χ4n) is 3.79. The summed E-state index contributed by atoms with van der Waals surface area (Å²) >= 11 is 7.40. The van der Waals surface area contributed by atoms with E-state index in [1.165, 1.54) is 36.3 Å². The van der Waals surface area contributed by atoms with Crippen LogP contribution in [0.25, 0.3) is 0 Å². The molecule has 0 bridgehead atoms. The molecule has 2 heterocycles. The van der Waals surface area contributed by atoms with Gasteiger partial charge in [0.25, 0.3) is 0 Å². The Morgan fingerprint density at radius 1 is 1.09 bits per heavy atom. The summed E-state index contributed by atoms with van der Waals surface area (Å²) in [5.74, 6) is 0.800. The molecule has 0 unspecified atom stereocenters. The van der Waals surface area contributed by atoms with E-state index in [0.29, 0.717) is 24.6 Å². The van der Waals surface area contributed by atoms with Crippen LogP contribution in [-0.2, 0) is 24.4 Å². The summed E-state index contributed by atoms with van der Waals surface area (Å²) in [6.07, 6.45) is 4.16. The van der Waals surface area contributed by atoms with Crippen molar-refractivity contribution in [3.8, 4) is 5.75 Å². The zero-order chi connectivity index (χ0) is 22.3. The number of amides is 1. The Labute approximate surface area is 198 Å². The number of anilines is 1. The second-order valence-electron chi connectivity index (χ2n) is 8.12. The van der Waals surface area contributed by atoms with Gasteiger partial charge in [-0.1, -0.05) is 23.7 Å². The van der Waals surface area contributed by atoms with E-state index < -0.39 is 0 Å². The number of likely N-dealkylation sites (N-methyl/N-ethyl adjacent to an activating group) is 1. The minimum atomic E-state index is 0.0561. The number of aromatic nitrogens is 1. The van der Waals surface area contributed by atoms with Crippen molar-refractivity contribution >= 4 is 34.5 Å². The molecule has 0 saturated carbocycles. The third-order valence-electron chi connectivity index (χ3n) is 5.61. The van der Waals surface area contributed by atoms with Gasteiger partial charge in [0, 0.05) is 42.8 Å². The maximum atomic E-state index is 12.7. The number of rotatable bonds is 8. The van der Waals surface area contributed by atoms with Crippen LogP contribution in [0.3, 0.4) is 0 Å². The van der Waals surface area contributed by atoms with Crippen LogP contribution >= 0.6 is 22.9 Å². The first-order chi connectivity index (χ1) is 15.6. The first kappa shape index (κ1) is 22.6. The number of hydrogen-bond donors (Lipinski definition) is 0. The lowest BCUT2D eigenvalue weighted by atomic mass is 10.1. The van der Waals surface area contributed by atoms with Crippen molar-refractivity contribution in [1.29, 1.82) is 0 Å². The van der Waals surface area contributed by atoms with Crippen molar-refractivity contribution < 1.29 is 9.53 Å². The standard InChI is InChI=1S/C25H28ClN3O2S/c1-28(16-19-5-9-22(10-6-19)29-13-3-2-4-14-29)25(30)15-21-18-32-24(27-21)17-31-23-11-7-20(26)8-12-23/h5-12,18H,2-4,13-17H2,1H3. The van der Waals surface area contributed by atoms with Crippen molar-refractivity contribution in [3.63, 3.8) is 0 Å². The number of ether oxygens (including phenoxy) is 1. The van der Waals surface area contributed by atoms with Gasteiger partial charge in [0.1, 0.15) is 17.4 Å². The average Bonchev–Trinajstić information content (AvgIpc) is 3.27. The molecule has 0 atom stereocenters. The summed E-state index contributed by atoms with van der Waals surface area (Å²) in [7, 11) is 1.85. The van der Waals surface area contributed by atoms with E-state index >= 15 is 0 Å². The largest absolute Gasteiger partial charge is 0.486 e. The smallest absolute Gasteiger partial charge is 0.228 e. The zero-order valence-electron chi connectivity index (χ0n) is 18.3. The van der Waals surface area contributed by atoms with Gasteiger partial charge >= 0.3 is 0 Å². The van der Waals surface area contributed by atoms with Gasteiger partial charge in [0.15, 0.2) is 0 Å². The normalized spacial score (nSPS) is 13.8. The molecule has 0 N–H and O–H groups in total. The van der Waals surface area contributed by atoms with E-state index in [4.69, 9.17) is 16.3 Å². The molecule has 1 aromatic heterocycles. The topological polar surface area (TPSA) is 45.7 Å². The summed E-state index contributed by atoms with van der Waals surface area (Å²) in [6.45, 7) is 3.24. The lowest BCUT2D eigenvalue weighted by Gasteiger charge is -2.29. The maximum absolute atomic E-state index is 12.7. The van der Waals surface area contributed by atoms with Gasteiger partial charge in [-0.05, 0) is 61.2 Å². The van der Waals surface area contributed by atoms with Crippen LogP contribution in [0.4, 0.5) is 5.69 Å². The highest BCUT2D eigenvalue weighted by molar-refractivity contribution is 7.09. The summed E-state index contributed by atoms with van der Waals surface area (Å²) < 4.78 is 5.74. The first-order valence-corrected chi connectivity index (χ1v) is 12.2. The first-order valence-electron chi connectivity index (χ1n) is 11.0. The minimum absolute atomic E-state index is 0.0561. The van der Waals surface area contributed by atoms with Gasteiger partial charge in [-0.3, -0.25) is 4.79 Å². The molecule has 1 fully saturated rings. The van der Waals surface area contributed by atoms with E-state index in [1.54, 1.807) is 17.0 Å². The predicted octanol–water partition coefficient (Wildman–Crippen LogP) is 5.57. The quantitative estimate of drug-likeness (QED) is 0.433. The molecule has 0 radical (unpaired) electrons. The summed E-state index contributed by atoms with van der Waals surface area (Å²) in [6, 6.07) is 15.8. The minimum Gasteiger partial charge on any atom is -0.486 e. The number of piperidine rings is 1. The van der Waals surface area contributed by atoms with Crippen molar-refractivity contribution in [2.45, 2.75) is 38.8 Å². The molecule has 1 aliphatic rings. The van der Waals surface area contributed by atoms with E-state index in [0.717, 1.165) is 35.1 Å². The molecule has 4 rings (SSSR count). The summed E-state index contributed by atoms with van der Waals surface area (Å²) in [5, 5.41) is 3.45. The van der Waals surface area contributed by atoms with Gasteiger partial charge in [-0.15, -0.1) is 11.3 Å². The van der Waals surface area contributed by atoms with E-state index in [2.05, 4.69) is 34.1 Å². The van der Waals surface area contributed by atoms with Crippen LogP contribution in [0.15, 0.2) is 53.9 Å². The molecule has 3 aromatic rings. The molecule has 168 valence electrons. The van der Waals surface area contributed by atoms with E-state index in [-0.39, 0.29) is 5.91 Å². The Kier molecular flexibility index (Phi) is 7.66. The fraction of sp³-hybridized carbons (Fsp3) is 0.360. The number of nitrogens with zero attached hydrogens (tertiary/aromatic N) is 3. The van der Waals surface area contributed by atoms with Crippen LogP contribution in [0.1, 0.15) is 35.5 Å². The monoisotopic (exact) mass is 469 g/mol. The van der Waals surface area contributed by atoms with Crippen molar-refractivity contribution in [2.75, 3.05) is 25.0 Å². The van der Waals surface area contributed by atoms with Gasteiger partial charge in [-0.25, -0.2) is 4.98 Å². The molecule has 1 aliphatic heterocycles. The zero-order valence-corrected chi connectivity index (χ0v) is 19.9. The number of carbonyl (C=O) groups is 1. The molecule has 0 aliphatic carbocycles. The Hall–Kier alpha value is -2.57. The average molecular weight is 470 g/mol. The molecule has 1 amide bonds. The van der Waals surface area contributed by atoms with Gasteiger partial charge in [0.05, 0.1) is 12.1 Å². The maximum Gasteiger partial charge on any atom is 0.228 e. The Morgan fingerprint density at radius 2 is 1.81 bits per heavy atom. The van der Waals surface area contributed by atoms with Crippen molar-refractivity contribution in [1.82, 2.24) is 9.88 Å². The highest BCUT2D eigenvalue weighted by Gasteiger charge is 2.14. The molecule has 0 spiro atoms. The Morgan fingerprint density at radius 3 is 2.53 bits per heavy atom. The number of thiazole rings is 1. The van der Waals surface area contributed by atoms with E-state index in [1.807, 2.05) is 24.6 Å². The van der Waals surface area contributed by atoms with Crippen LogP contribution in [0.5, 0.6) is 5.75 Å². The number of hydrogen-bond acceptors (Lipinski definition) is 5. The van der Waals surface area contributed by atoms with Crippen LogP contribution in [-0.4, -0.2) is 35.9 Å². The molecule has 32 heavy (non-hydrogen) atoms. The Balaban J connectivity index is 1.25.